The molecule has 7 nitrogen and oxygen atoms in total. The van der Waals surface area contributed by atoms with Gasteiger partial charge in [-0.2, -0.15) is 5.10 Å². The Balaban J connectivity index is 1.37. The smallest absolute Gasteiger partial charge is 0.225 e. The average molecular weight is 462 g/mol. The fraction of sp³-hybridized carbons (Fsp3) is 0.476. The number of unbranched alkanes of at least 4 members (excludes halogenated alkanes) is 1. The van der Waals surface area contributed by atoms with Crippen molar-refractivity contribution in [3.8, 4) is 11.3 Å². The van der Waals surface area contributed by atoms with Crippen LogP contribution in [0.3, 0.4) is 0 Å². The molecule has 1 aromatic carbocycles. The predicted molar refractivity (Wildman–Crippen MR) is 118 cm³/mol. The fourth-order valence-electron chi connectivity index (χ4n) is 3.52. The van der Waals surface area contributed by atoms with Gasteiger partial charge < -0.3 is 15.1 Å². The number of hydrogen-bond donors (Lipinski definition) is 2. The molecule has 29 heavy (non-hydrogen) atoms. The number of carbonyl (C=O) groups is 2. The van der Waals surface area contributed by atoms with E-state index in [1.54, 1.807) is 6.92 Å². The van der Waals surface area contributed by atoms with Crippen LogP contribution in [0.15, 0.2) is 34.8 Å². The monoisotopic (exact) mass is 461 g/mol. The van der Waals surface area contributed by atoms with E-state index in [4.69, 9.17) is 0 Å². The number of nitrogens with zero attached hydrogens (tertiary/aromatic N) is 3. The second-order valence-electron chi connectivity index (χ2n) is 7.38. The molecule has 2 amide bonds. The van der Waals surface area contributed by atoms with Crippen LogP contribution in [-0.2, 0) is 9.59 Å². The molecule has 0 aliphatic carbocycles. The summed E-state index contributed by atoms with van der Waals surface area (Å²) in [4.78, 5) is 28.0. The van der Waals surface area contributed by atoms with Gasteiger partial charge in [0.05, 0.1) is 5.69 Å². The van der Waals surface area contributed by atoms with E-state index in [2.05, 4.69) is 36.3 Å². The molecule has 1 aliphatic heterocycles. The zero-order chi connectivity index (χ0) is 20.6. The quantitative estimate of drug-likeness (QED) is 0.618. The number of aromatic nitrogens is 2. The fourth-order valence-corrected chi connectivity index (χ4v) is 3.92. The number of halogens is 1. The lowest BCUT2D eigenvalue weighted by atomic mass is 10.1. The molecule has 1 fully saturated rings. The lowest BCUT2D eigenvalue weighted by Gasteiger charge is -2.20. The summed E-state index contributed by atoms with van der Waals surface area (Å²) >= 11 is 3.46. The van der Waals surface area contributed by atoms with Gasteiger partial charge in [0.25, 0.3) is 0 Å². The van der Waals surface area contributed by atoms with Crippen molar-refractivity contribution in [2.24, 2.45) is 0 Å². The first-order chi connectivity index (χ1) is 14.0. The molecular formula is C21H28BrN5O2. The van der Waals surface area contributed by atoms with Gasteiger partial charge in [-0.1, -0.05) is 28.1 Å². The molecular weight excluding hydrogens is 434 g/mol. The Morgan fingerprint density at radius 1 is 1.17 bits per heavy atom. The van der Waals surface area contributed by atoms with Gasteiger partial charge in [-0.05, 0) is 44.5 Å². The van der Waals surface area contributed by atoms with Crippen LogP contribution in [0.4, 0.5) is 5.82 Å². The summed E-state index contributed by atoms with van der Waals surface area (Å²) in [5, 5.41) is 10.0. The molecule has 0 bridgehead atoms. The van der Waals surface area contributed by atoms with Crippen molar-refractivity contribution in [3.63, 3.8) is 0 Å². The molecule has 2 aromatic rings. The second-order valence-corrected chi connectivity index (χ2v) is 8.30. The van der Waals surface area contributed by atoms with Crippen LogP contribution in [0.2, 0.25) is 0 Å². The number of benzene rings is 1. The van der Waals surface area contributed by atoms with Gasteiger partial charge in [-0.15, -0.1) is 0 Å². The molecule has 1 aliphatic rings. The Labute approximate surface area is 180 Å². The first-order valence-electron chi connectivity index (χ1n) is 10.1. The Kier molecular flexibility index (Phi) is 7.83. The average Bonchev–Trinajstić information content (AvgIpc) is 3.01. The zero-order valence-corrected chi connectivity index (χ0v) is 18.4. The Morgan fingerprint density at radius 2 is 2.03 bits per heavy atom. The van der Waals surface area contributed by atoms with Gasteiger partial charge in [0.15, 0.2) is 0 Å². The maximum Gasteiger partial charge on any atom is 0.225 e. The summed E-state index contributed by atoms with van der Waals surface area (Å²) in [6.07, 6.45) is 3.31. The minimum Gasteiger partial charge on any atom is -0.342 e. The van der Waals surface area contributed by atoms with Gasteiger partial charge >= 0.3 is 0 Å². The number of H-pyrrole nitrogens is 1. The number of anilines is 1. The number of amides is 2. The Morgan fingerprint density at radius 3 is 2.83 bits per heavy atom. The van der Waals surface area contributed by atoms with E-state index in [0.717, 1.165) is 67.7 Å². The van der Waals surface area contributed by atoms with Gasteiger partial charge in [0.2, 0.25) is 11.8 Å². The first-order valence-corrected chi connectivity index (χ1v) is 10.9. The van der Waals surface area contributed by atoms with E-state index < -0.39 is 0 Å². The van der Waals surface area contributed by atoms with E-state index in [9.17, 15) is 9.59 Å². The highest BCUT2D eigenvalue weighted by atomic mass is 79.9. The maximum atomic E-state index is 12.2. The number of nitrogens with one attached hydrogen (secondary N) is 2. The molecule has 0 saturated carbocycles. The second kappa shape index (κ2) is 10.5. The van der Waals surface area contributed by atoms with Crippen LogP contribution >= 0.6 is 15.9 Å². The molecule has 3 rings (SSSR count). The first kappa shape index (κ1) is 21.5. The van der Waals surface area contributed by atoms with Crippen LogP contribution in [0.25, 0.3) is 11.3 Å². The molecule has 1 aromatic heterocycles. The van der Waals surface area contributed by atoms with Gasteiger partial charge in [-0.3, -0.25) is 14.7 Å². The molecule has 0 unspecified atom stereocenters. The third-order valence-electron chi connectivity index (χ3n) is 5.13. The van der Waals surface area contributed by atoms with E-state index in [-0.39, 0.29) is 11.8 Å². The van der Waals surface area contributed by atoms with Crippen molar-refractivity contribution < 1.29 is 9.59 Å². The highest BCUT2D eigenvalue weighted by molar-refractivity contribution is 9.10. The van der Waals surface area contributed by atoms with Crippen molar-refractivity contribution in [2.75, 3.05) is 38.0 Å². The number of carbonyl (C=O) groups excluding carboxylic acids is 2. The van der Waals surface area contributed by atoms with Crippen LogP contribution in [0, 0.1) is 0 Å². The largest absolute Gasteiger partial charge is 0.342 e. The van der Waals surface area contributed by atoms with Crippen molar-refractivity contribution in [1.29, 1.82) is 0 Å². The summed E-state index contributed by atoms with van der Waals surface area (Å²) in [5.74, 6) is 0.764. The van der Waals surface area contributed by atoms with Crippen LogP contribution in [0.5, 0.6) is 0 Å². The summed E-state index contributed by atoms with van der Waals surface area (Å²) in [5.41, 5.74) is 1.78. The summed E-state index contributed by atoms with van der Waals surface area (Å²) in [6, 6.07) is 9.72. The third kappa shape index (κ3) is 6.68. The summed E-state index contributed by atoms with van der Waals surface area (Å²) in [6.45, 7) is 6.18. The van der Waals surface area contributed by atoms with E-state index in [1.165, 1.54) is 0 Å². The molecule has 2 N–H and O–H groups in total. The van der Waals surface area contributed by atoms with Crippen LogP contribution < -0.4 is 5.32 Å². The van der Waals surface area contributed by atoms with Crippen molar-refractivity contribution in [1.82, 2.24) is 20.0 Å². The van der Waals surface area contributed by atoms with Crippen molar-refractivity contribution in [3.05, 3.63) is 34.8 Å². The molecule has 0 spiro atoms. The van der Waals surface area contributed by atoms with Crippen LogP contribution in [-0.4, -0.2) is 64.5 Å². The molecule has 0 atom stereocenters. The lowest BCUT2D eigenvalue weighted by molar-refractivity contribution is -0.128. The minimum atomic E-state index is -0.00642. The standard InChI is InChI=1S/C21H28BrN5O2/c1-16(28)27-11-5-10-26(12-13-27)9-3-2-8-21(29)23-20-15-19(24-25-20)17-6-4-7-18(22)14-17/h4,6-7,14-15H,2-3,5,8-13H2,1H3,(H2,23,24,25,29). The van der Waals surface area contributed by atoms with Gasteiger partial charge in [0, 0.05) is 49.1 Å². The van der Waals surface area contributed by atoms with E-state index in [0.29, 0.717) is 12.2 Å². The normalized spacial score (nSPS) is 15.2. The SMILES string of the molecule is CC(=O)N1CCCN(CCCCC(=O)Nc2cc(-c3cccc(Br)c3)n[nH]2)CC1. The molecule has 8 heteroatoms. The zero-order valence-electron chi connectivity index (χ0n) is 16.8. The van der Waals surface area contributed by atoms with E-state index >= 15 is 0 Å². The lowest BCUT2D eigenvalue weighted by Crippen LogP contribution is -2.34. The summed E-state index contributed by atoms with van der Waals surface area (Å²) in [7, 11) is 0. The van der Waals surface area contributed by atoms with Gasteiger partial charge in [0.1, 0.15) is 5.82 Å². The molecule has 0 radical (unpaired) electrons. The number of hydrogen-bond acceptors (Lipinski definition) is 4. The number of aromatic amines is 1. The molecule has 1 saturated heterocycles. The topological polar surface area (TPSA) is 81.3 Å². The van der Waals surface area contributed by atoms with E-state index in [1.807, 2.05) is 35.2 Å². The molecule has 2 heterocycles. The predicted octanol–water partition coefficient (Wildman–Crippen LogP) is 3.50. The highest BCUT2D eigenvalue weighted by Gasteiger charge is 2.16. The van der Waals surface area contributed by atoms with Crippen molar-refractivity contribution >= 4 is 33.6 Å². The number of rotatable bonds is 7. The van der Waals surface area contributed by atoms with Crippen LogP contribution in [0.1, 0.15) is 32.6 Å². The van der Waals surface area contributed by atoms with Gasteiger partial charge in [-0.25, -0.2) is 0 Å². The minimum absolute atomic E-state index is 0.00642. The van der Waals surface area contributed by atoms with Crippen molar-refractivity contribution in [2.45, 2.75) is 32.6 Å². The third-order valence-corrected chi connectivity index (χ3v) is 5.63. The Hall–Kier alpha value is -2.19. The summed E-state index contributed by atoms with van der Waals surface area (Å²) < 4.78 is 0.988. The Bertz CT molecular complexity index is 838. The molecule has 156 valence electrons. The maximum absolute atomic E-state index is 12.2. The highest BCUT2D eigenvalue weighted by Crippen LogP contribution is 2.23.